The molecule has 1 N–H and O–H groups in total. The molecule has 1 fully saturated rings. The van der Waals surface area contributed by atoms with Crippen LogP contribution in [0.3, 0.4) is 0 Å². The van der Waals surface area contributed by atoms with Crippen molar-refractivity contribution in [2.24, 2.45) is 0 Å². The standard InChI is InChI=1S/C18H19N5O3S/c1-3-6-13-20-21-17(27-13)19-16(26)18-10-9-14(24)23(18)12-8-5-4-7-11(12)15(25)22(18)2/h4-5,7-8H,3,6,9-10H2,1-2H3,(H,19,21,26)/t18-/m1/s1. The number of carbonyl (C=O) groups excluding carboxylic acids is 3. The van der Waals surface area contributed by atoms with Crippen LogP contribution in [0.4, 0.5) is 10.8 Å². The van der Waals surface area contributed by atoms with Crippen LogP contribution >= 0.6 is 11.3 Å². The van der Waals surface area contributed by atoms with Crippen molar-refractivity contribution in [2.75, 3.05) is 17.3 Å². The second-order valence-corrected chi connectivity index (χ2v) is 7.69. The minimum Gasteiger partial charge on any atom is -0.310 e. The maximum atomic E-state index is 13.3. The number of nitrogens with one attached hydrogen (secondary N) is 1. The van der Waals surface area contributed by atoms with Gasteiger partial charge in [0.15, 0.2) is 0 Å². The Bertz CT molecular complexity index is 943. The lowest BCUT2D eigenvalue weighted by atomic mass is 9.96. The molecular formula is C18H19N5O3S. The Labute approximate surface area is 160 Å². The fraction of sp³-hybridized carbons (Fsp3) is 0.389. The average molecular weight is 385 g/mol. The van der Waals surface area contributed by atoms with Crippen molar-refractivity contribution in [1.82, 2.24) is 15.1 Å². The highest BCUT2D eigenvalue weighted by atomic mass is 32.1. The predicted molar refractivity (Wildman–Crippen MR) is 101 cm³/mol. The summed E-state index contributed by atoms with van der Waals surface area (Å²) in [6.45, 7) is 2.04. The average Bonchev–Trinajstić information content (AvgIpc) is 3.25. The molecule has 2 aliphatic rings. The van der Waals surface area contributed by atoms with E-state index in [2.05, 4.69) is 15.5 Å². The maximum Gasteiger partial charge on any atom is 0.273 e. The van der Waals surface area contributed by atoms with E-state index in [1.807, 2.05) is 6.92 Å². The summed E-state index contributed by atoms with van der Waals surface area (Å²) in [6, 6.07) is 6.88. The SMILES string of the molecule is CCCc1nnc(NC(=O)[C@@]23CCC(=O)N2c2ccccc2C(=O)N3C)s1. The molecule has 8 nitrogen and oxygen atoms in total. The molecule has 3 amide bonds. The van der Waals surface area contributed by atoms with E-state index in [0.717, 1.165) is 17.8 Å². The molecule has 0 saturated carbocycles. The first-order valence-corrected chi connectivity index (χ1v) is 9.64. The smallest absolute Gasteiger partial charge is 0.273 e. The number of fused-ring (bicyclic) bond motifs is 3. The number of hydrogen-bond acceptors (Lipinski definition) is 6. The Hall–Kier alpha value is -2.81. The Morgan fingerprint density at radius 3 is 2.85 bits per heavy atom. The summed E-state index contributed by atoms with van der Waals surface area (Å²) in [7, 11) is 1.56. The largest absolute Gasteiger partial charge is 0.310 e. The molecule has 2 aliphatic heterocycles. The first-order valence-electron chi connectivity index (χ1n) is 8.83. The van der Waals surface area contributed by atoms with Crippen molar-refractivity contribution < 1.29 is 14.4 Å². The van der Waals surface area contributed by atoms with Crippen molar-refractivity contribution in [3.05, 3.63) is 34.8 Å². The number of aryl methyl sites for hydroxylation is 1. The second kappa shape index (κ2) is 6.41. The summed E-state index contributed by atoms with van der Waals surface area (Å²) >= 11 is 1.31. The number of carbonyl (C=O) groups is 3. The van der Waals surface area contributed by atoms with Crippen molar-refractivity contribution in [3.8, 4) is 0 Å². The van der Waals surface area contributed by atoms with Crippen LogP contribution in [-0.4, -0.2) is 45.5 Å². The van der Waals surface area contributed by atoms with E-state index in [9.17, 15) is 14.4 Å². The highest BCUT2D eigenvalue weighted by molar-refractivity contribution is 7.15. The van der Waals surface area contributed by atoms with Crippen LogP contribution in [0.2, 0.25) is 0 Å². The van der Waals surface area contributed by atoms with Crippen molar-refractivity contribution >= 4 is 39.9 Å². The van der Waals surface area contributed by atoms with Gasteiger partial charge in [0.25, 0.3) is 11.8 Å². The predicted octanol–water partition coefficient (Wildman–Crippen LogP) is 2.04. The van der Waals surface area contributed by atoms with Crippen molar-refractivity contribution in [1.29, 1.82) is 0 Å². The van der Waals surface area contributed by atoms with Crippen LogP contribution in [0.25, 0.3) is 0 Å². The first kappa shape index (κ1) is 17.6. The van der Waals surface area contributed by atoms with Gasteiger partial charge in [-0.2, -0.15) is 0 Å². The monoisotopic (exact) mass is 385 g/mol. The summed E-state index contributed by atoms with van der Waals surface area (Å²) < 4.78 is 0. The zero-order valence-corrected chi connectivity index (χ0v) is 15.9. The number of amides is 3. The van der Waals surface area contributed by atoms with E-state index >= 15 is 0 Å². The third-order valence-electron chi connectivity index (χ3n) is 5.06. The molecule has 1 atom stereocenters. The van der Waals surface area contributed by atoms with Gasteiger partial charge in [-0.25, -0.2) is 0 Å². The van der Waals surface area contributed by atoms with Gasteiger partial charge >= 0.3 is 0 Å². The molecule has 27 heavy (non-hydrogen) atoms. The van der Waals surface area contributed by atoms with Gasteiger partial charge in [-0.1, -0.05) is 30.4 Å². The summed E-state index contributed by atoms with van der Waals surface area (Å²) in [5.74, 6) is -0.908. The highest BCUT2D eigenvalue weighted by Crippen LogP contribution is 2.44. The number of benzene rings is 1. The molecule has 0 spiro atoms. The number of anilines is 2. The molecule has 140 valence electrons. The number of hydrogen-bond donors (Lipinski definition) is 1. The van der Waals surface area contributed by atoms with Crippen LogP contribution in [0, 0.1) is 0 Å². The number of para-hydroxylation sites is 1. The van der Waals surface area contributed by atoms with E-state index < -0.39 is 11.6 Å². The molecule has 1 aromatic carbocycles. The normalized spacial score (nSPS) is 21.3. The zero-order valence-electron chi connectivity index (χ0n) is 15.1. The molecule has 3 heterocycles. The summed E-state index contributed by atoms with van der Waals surface area (Å²) in [4.78, 5) is 41.7. The molecule has 0 unspecified atom stereocenters. The van der Waals surface area contributed by atoms with Crippen molar-refractivity contribution in [3.63, 3.8) is 0 Å². The molecule has 1 aromatic heterocycles. The van der Waals surface area contributed by atoms with Crippen LogP contribution in [0.5, 0.6) is 0 Å². The molecule has 1 saturated heterocycles. The van der Waals surface area contributed by atoms with Gasteiger partial charge < -0.3 is 4.90 Å². The van der Waals surface area contributed by atoms with E-state index in [0.29, 0.717) is 16.4 Å². The van der Waals surface area contributed by atoms with Gasteiger partial charge in [0.05, 0.1) is 11.3 Å². The summed E-state index contributed by atoms with van der Waals surface area (Å²) in [5, 5.41) is 12.1. The van der Waals surface area contributed by atoms with Crippen molar-refractivity contribution in [2.45, 2.75) is 38.3 Å². The minimum absolute atomic E-state index is 0.180. The number of rotatable bonds is 4. The van der Waals surface area contributed by atoms with Crippen LogP contribution in [0.1, 0.15) is 41.6 Å². The quantitative estimate of drug-likeness (QED) is 0.869. The van der Waals surface area contributed by atoms with Gasteiger partial charge in [-0.15, -0.1) is 10.2 Å². The van der Waals surface area contributed by atoms with Gasteiger partial charge in [0, 0.05) is 26.3 Å². The molecule has 0 radical (unpaired) electrons. The Morgan fingerprint density at radius 2 is 2.07 bits per heavy atom. The lowest BCUT2D eigenvalue weighted by Crippen LogP contribution is -2.68. The van der Waals surface area contributed by atoms with E-state index in [4.69, 9.17) is 0 Å². The summed E-state index contributed by atoms with van der Waals surface area (Å²) in [5.41, 5.74) is -0.499. The third kappa shape index (κ3) is 2.53. The minimum atomic E-state index is -1.39. The molecule has 2 aromatic rings. The van der Waals surface area contributed by atoms with Crippen LogP contribution in [-0.2, 0) is 16.0 Å². The molecule has 9 heteroatoms. The fourth-order valence-corrected chi connectivity index (χ4v) is 4.58. The maximum absolute atomic E-state index is 13.3. The van der Waals surface area contributed by atoms with Crippen LogP contribution in [0.15, 0.2) is 24.3 Å². The number of nitrogens with zero attached hydrogens (tertiary/aromatic N) is 4. The lowest BCUT2D eigenvalue weighted by Gasteiger charge is -2.47. The van der Waals surface area contributed by atoms with Gasteiger partial charge in [0.2, 0.25) is 16.7 Å². The molecule has 0 bridgehead atoms. The third-order valence-corrected chi connectivity index (χ3v) is 5.95. The number of likely N-dealkylation sites (N-methyl/N-ethyl adjacent to an activating group) is 1. The molecule has 0 aliphatic carbocycles. The fourth-order valence-electron chi connectivity index (χ4n) is 3.74. The van der Waals surface area contributed by atoms with Gasteiger partial charge in [-0.3, -0.25) is 24.6 Å². The van der Waals surface area contributed by atoms with E-state index in [1.54, 1.807) is 31.3 Å². The zero-order chi connectivity index (χ0) is 19.2. The highest BCUT2D eigenvalue weighted by Gasteiger charge is 2.59. The van der Waals surface area contributed by atoms with E-state index in [-0.39, 0.29) is 24.7 Å². The van der Waals surface area contributed by atoms with E-state index in [1.165, 1.54) is 21.1 Å². The van der Waals surface area contributed by atoms with Crippen LogP contribution < -0.4 is 10.2 Å². The Kier molecular flexibility index (Phi) is 4.18. The van der Waals surface area contributed by atoms with Gasteiger partial charge in [0.1, 0.15) is 5.01 Å². The Balaban J connectivity index is 1.74. The molecular weight excluding hydrogens is 366 g/mol. The topological polar surface area (TPSA) is 95.5 Å². The second-order valence-electron chi connectivity index (χ2n) is 6.63. The summed E-state index contributed by atoms with van der Waals surface area (Å²) in [6.07, 6.45) is 2.14. The van der Waals surface area contributed by atoms with Gasteiger partial charge in [-0.05, 0) is 18.6 Å². The molecule has 4 rings (SSSR count). The Morgan fingerprint density at radius 1 is 1.30 bits per heavy atom. The lowest BCUT2D eigenvalue weighted by molar-refractivity contribution is -0.128. The first-order chi connectivity index (χ1) is 13.0. The number of aromatic nitrogens is 2.